The number of hydrogen-bond acceptors (Lipinski definition) is 6. The van der Waals surface area contributed by atoms with Crippen molar-refractivity contribution in [2.24, 2.45) is 7.05 Å². The highest BCUT2D eigenvalue weighted by Gasteiger charge is 2.18. The van der Waals surface area contributed by atoms with E-state index in [1.807, 2.05) is 25.5 Å². The summed E-state index contributed by atoms with van der Waals surface area (Å²) in [5.41, 5.74) is 1.35. The Kier molecular flexibility index (Phi) is 8.67. The van der Waals surface area contributed by atoms with E-state index < -0.39 is 5.97 Å². The van der Waals surface area contributed by atoms with E-state index in [2.05, 4.69) is 16.9 Å². The van der Waals surface area contributed by atoms with Crippen molar-refractivity contribution in [1.29, 1.82) is 0 Å². The molecule has 0 aliphatic heterocycles. The van der Waals surface area contributed by atoms with Gasteiger partial charge in [0, 0.05) is 32.5 Å². The van der Waals surface area contributed by atoms with Crippen LogP contribution in [0.3, 0.4) is 0 Å². The molecule has 0 fully saturated rings. The second kappa shape index (κ2) is 11.2. The third-order valence-electron chi connectivity index (χ3n) is 4.05. The molecular formula is C21H26N4O4S. The van der Waals surface area contributed by atoms with Crippen LogP contribution in [0.5, 0.6) is 0 Å². The highest BCUT2D eigenvalue weighted by atomic mass is 32.2. The maximum atomic E-state index is 12.5. The summed E-state index contributed by atoms with van der Waals surface area (Å²) in [6, 6.07) is 6.52. The fraction of sp³-hybridized carbons (Fsp3) is 0.333. The van der Waals surface area contributed by atoms with Crippen molar-refractivity contribution in [3.63, 3.8) is 0 Å². The standard InChI is InChI=1S/C21H26N4O4S/c1-5-25(12-15(2)3)19(27)13-29-20(28)16-8-6-7-9-17(16)23-18(26)14-30-21-22-10-11-24(21)4/h6-11H,2,5,12-14H2,1,3-4H3,(H,23,26). The predicted octanol–water partition coefficient (Wildman–Crippen LogP) is 2.73. The molecular weight excluding hydrogens is 404 g/mol. The molecule has 2 aromatic rings. The molecule has 160 valence electrons. The van der Waals surface area contributed by atoms with Crippen LogP contribution in [0, 0.1) is 0 Å². The van der Waals surface area contributed by atoms with Crippen LogP contribution in [0.4, 0.5) is 5.69 Å². The predicted molar refractivity (Wildman–Crippen MR) is 116 cm³/mol. The van der Waals surface area contributed by atoms with Crippen molar-refractivity contribution in [3.8, 4) is 0 Å². The molecule has 9 heteroatoms. The van der Waals surface area contributed by atoms with Gasteiger partial charge in [-0.1, -0.05) is 36.0 Å². The number of para-hydroxylation sites is 1. The smallest absolute Gasteiger partial charge is 0.340 e. The number of amides is 2. The van der Waals surface area contributed by atoms with E-state index in [-0.39, 0.29) is 29.7 Å². The van der Waals surface area contributed by atoms with E-state index in [1.54, 1.807) is 41.6 Å². The van der Waals surface area contributed by atoms with Crippen LogP contribution in [0.15, 0.2) is 54.0 Å². The molecule has 0 spiro atoms. The number of thioether (sulfide) groups is 1. The number of aromatic nitrogens is 2. The van der Waals surface area contributed by atoms with Gasteiger partial charge in [0.2, 0.25) is 5.91 Å². The van der Waals surface area contributed by atoms with Crippen molar-refractivity contribution in [1.82, 2.24) is 14.5 Å². The minimum absolute atomic E-state index is 0.138. The van der Waals surface area contributed by atoms with Crippen LogP contribution in [-0.2, 0) is 21.4 Å². The molecule has 1 aromatic carbocycles. The Morgan fingerprint density at radius 1 is 1.30 bits per heavy atom. The highest BCUT2D eigenvalue weighted by Crippen LogP contribution is 2.19. The van der Waals surface area contributed by atoms with Gasteiger partial charge in [0.05, 0.1) is 17.0 Å². The van der Waals surface area contributed by atoms with Crippen LogP contribution in [0.25, 0.3) is 0 Å². The van der Waals surface area contributed by atoms with Crippen LogP contribution >= 0.6 is 11.8 Å². The van der Waals surface area contributed by atoms with Crippen molar-refractivity contribution < 1.29 is 19.1 Å². The molecule has 0 atom stereocenters. The minimum Gasteiger partial charge on any atom is -0.452 e. The maximum Gasteiger partial charge on any atom is 0.340 e. The number of hydrogen-bond donors (Lipinski definition) is 1. The molecule has 0 bridgehead atoms. The zero-order valence-electron chi connectivity index (χ0n) is 17.4. The zero-order chi connectivity index (χ0) is 22.1. The number of esters is 1. The van der Waals surface area contributed by atoms with Crippen molar-refractivity contribution in [3.05, 3.63) is 54.4 Å². The van der Waals surface area contributed by atoms with Gasteiger partial charge < -0.3 is 19.5 Å². The zero-order valence-corrected chi connectivity index (χ0v) is 18.2. The lowest BCUT2D eigenvalue weighted by atomic mass is 10.2. The minimum atomic E-state index is -0.678. The number of aryl methyl sites for hydroxylation is 1. The number of rotatable bonds is 10. The van der Waals surface area contributed by atoms with Crippen molar-refractivity contribution >= 4 is 35.2 Å². The summed E-state index contributed by atoms with van der Waals surface area (Å²) < 4.78 is 6.99. The molecule has 1 N–H and O–H groups in total. The molecule has 1 aromatic heterocycles. The first-order chi connectivity index (χ1) is 14.3. The van der Waals surface area contributed by atoms with Gasteiger partial charge >= 0.3 is 5.97 Å². The normalized spacial score (nSPS) is 10.4. The summed E-state index contributed by atoms with van der Waals surface area (Å²) in [6.45, 7) is 7.99. The fourth-order valence-electron chi connectivity index (χ4n) is 2.58. The van der Waals surface area contributed by atoms with Gasteiger partial charge in [0.15, 0.2) is 11.8 Å². The lowest BCUT2D eigenvalue weighted by Gasteiger charge is -2.20. The Hall–Kier alpha value is -3.07. The third kappa shape index (κ3) is 6.77. The molecule has 2 rings (SSSR count). The van der Waals surface area contributed by atoms with Gasteiger partial charge in [-0.15, -0.1) is 0 Å². The first-order valence-electron chi connectivity index (χ1n) is 9.40. The van der Waals surface area contributed by atoms with E-state index in [0.29, 0.717) is 23.9 Å². The van der Waals surface area contributed by atoms with E-state index in [1.165, 1.54) is 11.8 Å². The lowest BCUT2D eigenvalue weighted by Crippen LogP contribution is -2.35. The first kappa shape index (κ1) is 23.2. The lowest BCUT2D eigenvalue weighted by molar-refractivity contribution is -0.133. The summed E-state index contributed by atoms with van der Waals surface area (Å²) in [7, 11) is 1.84. The number of ether oxygens (including phenoxy) is 1. The van der Waals surface area contributed by atoms with Crippen molar-refractivity contribution in [2.45, 2.75) is 19.0 Å². The highest BCUT2D eigenvalue weighted by molar-refractivity contribution is 7.99. The summed E-state index contributed by atoms with van der Waals surface area (Å²) >= 11 is 1.29. The molecule has 0 aliphatic carbocycles. The summed E-state index contributed by atoms with van der Waals surface area (Å²) in [6.07, 6.45) is 3.45. The Labute approximate surface area is 180 Å². The van der Waals surface area contributed by atoms with Crippen LogP contribution < -0.4 is 5.32 Å². The molecule has 0 unspecified atom stereocenters. The van der Waals surface area contributed by atoms with Gasteiger partial charge in [-0.25, -0.2) is 9.78 Å². The van der Waals surface area contributed by atoms with Gasteiger partial charge in [0.1, 0.15) is 0 Å². The Bertz CT molecular complexity index is 925. The summed E-state index contributed by atoms with van der Waals surface area (Å²) in [5, 5.41) is 3.43. The third-order valence-corrected chi connectivity index (χ3v) is 5.11. The number of imidazole rings is 1. The first-order valence-corrected chi connectivity index (χ1v) is 10.4. The monoisotopic (exact) mass is 430 g/mol. The number of carbonyl (C=O) groups excluding carboxylic acids is 3. The number of likely N-dealkylation sites (N-methyl/N-ethyl adjacent to an activating group) is 1. The van der Waals surface area contributed by atoms with E-state index in [9.17, 15) is 14.4 Å². The molecule has 2 amide bonds. The Morgan fingerprint density at radius 3 is 2.67 bits per heavy atom. The molecule has 0 radical (unpaired) electrons. The second-order valence-electron chi connectivity index (χ2n) is 6.64. The van der Waals surface area contributed by atoms with Gasteiger partial charge in [0.25, 0.3) is 5.91 Å². The van der Waals surface area contributed by atoms with E-state index in [0.717, 1.165) is 5.57 Å². The van der Waals surface area contributed by atoms with Gasteiger partial charge in [-0.3, -0.25) is 9.59 Å². The molecule has 0 saturated carbocycles. The van der Waals surface area contributed by atoms with Crippen LogP contribution in [0.2, 0.25) is 0 Å². The molecule has 30 heavy (non-hydrogen) atoms. The topological polar surface area (TPSA) is 93.5 Å². The molecule has 0 aliphatic rings. The Morgan fingerprint density at radius 2 is 2.03 bits per heavy atom. The molecule has 8 nitrogen and oxygen atoms in total. The fourth-order valence-corrected chi connectivity index (χ4v) is 3.31. The molecule has 0 saturated heterocycles. The van der Waals surface area contributed by atoms with Gasteiger partial charge in [-0.05, 0) is 26.0 Å². The Balaban J connectivity index is 1.95. The number of carbonyl (C=O) groups is 3. The number of benzene rings is 1. The average Bonchev–Trinajstić information content (AvgIpc) is 3.13. The summed E-state index contributed by atoms with van der Waals surface area (Å²) in [5.74, 6) is -1.12. The van der Waals surface area contributed by atoms with Crippen LogP contribution in [-0.4, -0.2) is 57.7 Å². The van der Waals surface area contributed by atoms with Gasteiger partial charge in [-0.2, -0.15) is 0 Å². The molecule has 1 heterocycles. The average molecular weight is 431 g/mol. The number of nitrogens with zero attached hydrogens (tertiary/aromatic N) is 3. The van der Waals surface area contributed by atoms with Crippen molar-refractivity contribution in [2.75, 3.05) is 30.8 Å². The van der Waals surface area contributed by atoms with E-state index >= 15 is 0 Å². The maximum absolute atomic E-state index is 12.5. The second-order valence-corrected chi connectivity index (χ2v) is 7.59. The SMILES string of the molecule is C=C(C)CN(CC)C(=O)COC(=O)c1ccccc1NC(=O)CSc1nccn1C. The number of nitrogens with one attached hydrogen (secondary N) is 1. The van der Waals surface area contributed by atoms with E-state index in [4.69, 9.17) is 4.74 Å². The summed E-state index contributed by atoms with van der Waals surface area (Å²) in [4.78, 5) is 42.8. The quantitative estimate of drug-likeness (QED) is 0.354. The van der Waals surface area contributed by atoms with Crippen LogP contribution in [0.1, 0.15) is 24.2 Å². The largest absolute Gasteiger partial charge is 0.452 e. The number of anilines is 1.